The van der Waals surface area contributed by atoms with Crippen LogP contribution in [0.15, 0.2) is 30.3 Å². The molecule has 20 heavy (non-hydrogen) atoms. The van der Waals surface area contributed by atoms with E-state index in [-0.39, 0.29) is 0 Å². The first kappa shape index (κ1) is 16.5. The molecular weight excluding hydrogens is 294 g/mol. The molecule has 8 heteroatoms. The number of halogens is 2. The molecule has 1 atom stereocenters. The molecule has 0 amide bonds. The van der Waals surface area contributed by atoms with Crippen LogP contribution in [0, 0.1) is 5.92 Å². The van der Waals surface area contributed by atoms with E-state index < -0.39 is 40.3 Å². The molecule has 1 N–H and O–H groups in total. The van der Waals surface area contributed by atoms with Crippen molar-refractivity contribution in [2.45, 2.75) is 18.6 Å². The van der Waals surface area contributed by atoms with Gasteiger partial charge in [-0.2, -0.15) is 8.42 Å². The zero-order chi connectivity index (χ0) is 15.4. The van der Waals surface area contributed by atoms with Crippen molar-refractivity contribution in [3.05, 3.63) is 35.9 Å². The van der Waals surface area contributed by atoms with Crippen LogP contribution in [0.2, 0.25) is 0 Å². The molecule has 112 valence electrons. The van der Waals surface area contributed by atoms with E-state index in [0.29, 0.717) is 5.56 Å². The van der Waals surface area contributed by atoms with Crippen LogP contribution in [0.3, 0.4) is 0 Å². The number of alkyl halides is 2. The van der Waals surface area contributed by atoms with Crippen molar-refractivity contribution in [1.82, 2.24) is 0 Å². The van der Waals surface area contributed by atoms with Gasteiger partial charge in [-0.3, -0.25) is 8.98 Å². The Bertz CT molecular complexity index is 556. The molecule has 0 bridgehead atoms. The van der Waals surface area contributed by atoms with Crippen molar-refractivity contribution >= 4 is 16.1 Å². The number of aliphatic carboxylic acids is 1. The Hall–Kier alpha value is -1.54. The maximum atomic E-state index is 13.4. The highest BCUT2D eigenvalue weighted by atomic mass is 32.2. The lowest BCUT2D eigenvalue weighted by atomic mass is 10.1. The van der Waals surface area contributed by atoms with Gasteiger partial charge in [-0.15, -0.1) is 0 Å². The molecule has 1 aromatic carbocycles. The summed E-state index contributed by atoms with van der Waals surface area (Å²) in [7, 11) is -4.20. The van der Waals surface area contributed by atoms with Gasteiger partial charge in [-0.1, -0.05) is 30.3 Å². The average molecular weight is 308 g/mol. The van der Waals surface area contributed by atoms with Crippen LogP contribution in [0.4, 0.5) is 8.78 Å². The maximum Gasteiger partial charge on any atom is 0.312 e. The molecular formula is C12H14F2O5S. The summed E-state index contributed by atoms with van der Waals surface area (Å²) < 4.78 is 54.0. The Kier molecular flexibility index (Phi) is 5.18. The van der Waals surface area contributed by atoms with E-state index in [1.165, 1.54) is 12.1 Å². The van der Waals surface area contributed by atoms with Gasteiger partial charge in [0.1, 0.15) is 18.3 Å². The smallest absolute Gasteiger partial charge is 0.312 e. The van der Waals surface area contributed by atoms with Crippen molar-refractivity contribution in [3.8, 4) is 0 Å². The van der Waals surface area contributed by atoms with Gasteiger partial charge in [0.25, 0.3) is 16.0 Å². The van der Waals surface area contributed by atoms with Crippen molar-refractivity contribution in [3.63, 3.8) is 0 Å². The summed E-state index contributed by atoms with van der Waals surface area (Å²) in [6.07, 6.45) is 0. The minimum atomic E-state index is -4.20. The number of carbonyl (C=O) groups is 1. The van der Waals surface area contributed by atoms with Crippen LogP contribution in [0.1, 0.15) is 12.5 Å². The fourth-order valence-electron chi connectivity index (χ4n) is 1.29. The largest absolute Gasteiger partial charge is 0.481 e. The third-order valence-electron chi connectivity index (χ3n) is 2.62. The van der Waals surface area contributed by atoms with E-state index in [9.17, 15) is 22.0 Å². The second-order valence-corrected chi connectivity index (χ2v) is 5.91. The van der Waals surface area contributed by atoms with E-state index in [2.05, 4.69) is 4.18 Å². The molecule has 0 fully saturated rings. The van der Waals surface area contributed by atoms with E-state index in [4.69, 9.17) is 5.11 Å². The highest BCUT2D eigenvalue weighted by molar-refractivity contribution is 7.85. The summed E-state index contributed by atoms with van der Waals surface area (Å²) in [6, 6.07) is 7.91. The highest BCUT2D eigenvalue weighted by Crippen LogP contribution is 2.26. The Morgan fingerprint density at radius 2 is 1.90 bits per heavy atom. The molecule has 1 aromatic rings. The number of hydrogen-bond donors (Lipinski definition) is 1. The summed E-state index contributed by atoms with van der Waals surface area (Å²) in [5.74, 6) is -8.07. The second-order valence-electron chi connectivity index (χ2n) is 4.27. The summed E-state index contributed by atoms with van der Waals surface area (Å²) in [6.45, 7) is -0.703. The summed E-state index contributed by atoms with van der Waals surface area (Å²) >= 11 is 0. The SMILES string of the molecule is CC(C(=O)O)C(F)(F)COS(=O)(=O)Cc1ccccc1. The van der Waals surface area contributed by atoms with Gasteiger partial charge in [0.05, 0.1) is 0 Å². The molecule has 0 aliphatic carbocycles. The molecule has 0 aliphatic heterocycles. The number of carboxylic acid groups (broad SMARTS) is 1. The number of hydrogen-bond acceptors (Lipinski definition) is 4. The molecule has 1 unspecified atom stereocenters. The first-order chi connectivity index (χ1) is 9.14. The lowest BCUT2D eigenvalue weighted by Gasteiger charge is -2.19. The second kappa shape index (κ2) is 6.27. The minimum Gasteiger partial charge on any atom is -0.481 e. The number of benzene rings is 1. The summed E-state index contributed by atoms with van der Waals surface area (Å²) in [4.78, 5) is 10.5. The van der Waals surface area contributed by atoms with Crippen LogP contribution in [-0.4, -0.2) is 32.0 Å². The highest BCUT2D eigenvalue weighted by Gasteiger charge is 2.42. The van der Waals surface area contributed by atoms with Crippen LogP contribution >= 0.6 is 0 Å². The molecule has 0 saturated carbocycles. The molecule has 0 radical (unpaired) electrons. The molecule has 0 aromatic heterocycles. The van der Waals surface area contributed by atoms with Crippen LogP contribution in [0.5, 0.6) is 0 Å². The Morgan fingerprint density at radius 1 is 1.35 bits per heavy atom. The average Bonchev–Trinajstić information content (AvgIpc) is 2.36. The van der Waals surface area contributed by atoms with Gasteiger partial charge in [-0.25, -0.2) is 8.78 Å². The lowest BCUT2D eigenvalue weighted by molar-refractivity contribution is -0.159. The molecule has 1 rings (SSSR count). The molecule has 5 nitrogen and oxygen atoms in total. The first-order valence-electron chi connectivity index (χ1n) is 5.66. The normalized spacial score (nSPS) is 13.9. The third-order valence-corrected chi connectivity index (χ3v) is 3.78. The fourth-order valence-corrected chi connectivity index (χ4v) is 2.31. The third kappa shape index (κ3) is 4.86. The number of rotatable bonds is 7. The quantitative estimate of drug-likeness (QED) is 0.778. The van der Waals surface area contributed by atoms with Crippen LogP contribution in [0.25, 0.3) is 0 Å². The fraction of sp³-hybridized carbons (Fsp3) is 0.417. The van der Waals surface area contributed by atoms with Gasteiger partial charge >= 0.3 is 5.97 Å². The molecule has 0 spiro atoms. The molecule has 0 aliphatic rings. The monoisotopic (exact) mass is 308 g/mol. The first-order valence-corrected chi connectivity index (χ1v) is 7.23. The zero-order valence-corrected chi connectivity index (χ0v) is 11.4. The van der Waals surface area contributed by atoms with E-state index in [1.54, 1.807) is 18.2 Å². The molecule has 0 heterocycles. The van der Waals surface area contributed by atoms with Gasteiger partial charge in [-0.05, 0) is 12.5 Å². The van der Waals surface area contributed by atoms with E-state index in [0.717, 1.165) is 6.92 Å². The predicted octanol–water partition coefficient (Wildman–Crippen LogP) is 1.89. The van der Waals surface area contributed by atoms with Crippen LogP contribution in [-0.2, 0) is 24.8 Å². The van der Waals surface area contributed by atoms with Crippen molar-refractivity contribution < 1.29 is 31.3 Å². The predicted molar refractivity (Wildman–Crippen MR) is 66.8 cm³/mol. The Morgan fingerprint density at radius 3 is 2.40 bits per heavy atom. The molecule has 0 saturated heterocycles. The zero-order valence-electron chi connectivity index (χ0n) is 10.6. The van der Waals surface area contributed by atoms with Gasteiger partial charge < -0.3 is 5.11 Å². The van der Waals surface area contributed by atoms with E-state index >= 15 is 0 Å². The number of carboxylic acids is 1. The standard InChI is InChI=1S/C12H14F2O5S/c1-9(11(15)16)12(13,14)8-19-20(17,18)7-10-5-3-2-4-6-10/h2-6,9H,7-8H2,1H3,(H,15,16). The summed E-state index contributed by atoms with van der Waals surface area (Å²) in [5.41, 5.74) is 0.391. The van der Waals surface area contributed by atoms with Gasteiger partial charge in [0.15, 0.2) is 0 Å². The van der Waals surface area contributed by atoms with Gasteiger partial charge in [0, 0.05) is 0 Å². The lowest BCUT2D eigenvalue weighted by Crippen LogP contribution is -2.37. The Balaban J connectivity index is 2.66. The maximum absolute atomic E-state index is 13.4. The minimum absolute atomic E-state index is 0.391. The Labute approximate surface area is 115 Å². The van der Waals surface area contributed by atoms with Crippen molar-refractivity contribution in [2.75, 3.05) is 6.61 Å². The topological polar surface area (TPSA) is 80.7 Å². The van der Waals surface area contributed by atoms with Crippen molar-refractivity contribution in [1.29, 1.82) is 0 Å². The summed E-state index contributed by atoms with van der Waals surface area (Å²) in [5, 5.41) is 8.50. The van der Waals surface area contributed by atoms with Gasteiger partial charge in [0.2, 0.25) is 0 Å². The van der Waals surface area contributed by atoms with Crippen LogP contribution < -0.4 is 0 Å². The van der Waals surface area contributed by atoms with E-state index in [1.807, 2.05) is 0 Å². The van der Waals surface area contributed by atoms with Crippen molar-refractivity contribution in [2.24, 2.45) is 5.92 Å².